The Balaban J connectivity index is 0.00000441. The number of ether oxygens (including phenoxy) is 2. The van der Waals surface area contributed by atoms with Crippen molar-refractivity contribution in [2.24, 2.45) is 5.92 Å². The molecular weight excluding hydrogens is 342 g/mol. The van der Waals surface area contributed by atoms with Crippen LogP contribution in [0.25, 0.3) is 0 Å². The number of rotatable bonds is 6. The summed E-state index contributed by atoms with van der Waals surface area (Å²) in [7, 11) is -4.76. The third-order valence-corrected chi connectivity index (χ3v) is 4.21. The summed E-state index contributed by atoms with van der Waals surface area (Å²) >= 11 is 5.79. The average Bonchev–Trinajstić information content (AvgIpc) is 2.33. The molecule has 0 radical (unpaired) electrons. The van der Waals surface area contributed by atoms with Gasteiger partial charge in [0.25, 0.3) is 0 Å². The van der Waals surface area contributed by atoms with Gasteiger partial charge in [0, 0.05) is 5.02 Å². The maximum atomic E-state index is 11.6. The number of benzene rings is 1. The quantitative estimate of drug-likeness (QED) is 0.402. The molecule has 0 amide bonds. The monoisotopic (exact) mass is 358 g/mol. The van der Waals surface area contributed by atoms with Gasteiger partial charge in [-0.3, -0.25) is 0 Å². The zero-order valence-electron chi connectivity index (χ0n) is 12.9. The van der Waals surface area contributed by atoms with Crippen molar-refractivity contribution < 1.29 is 58.2 Å². The van der Waals surface area contributed by atoms with Gasteiger partial charge < -0.3 is 23.8 Å². The summed E-state index contributed by atoms with van der Waals surface area (Å²) in [6, 6.07) is 4.86. The van der Waals surface area contributed by atoms with E-state index < -0.39 is 31.9 Å². The van der Waals surface area contributed by atoms with Crippen molar-refractivity contribution in [2.75, 3.05) is 6.61 Å². The summed E-state index contributed by atoms with van der Waals surface area (Å²) < 4.78 is 21.1. The summed E-state index contributed by atoms with van der Waals surface area (Å²) in [5.41, 5.74) is 0.729. The molecule has 2 unspecified atom stereocenters. The summed E-state index contributed by atoms with van der Waals surface area (Å²) in [6.07, 6.45) is 0. The second-order valence-electron chi connectivity index (χ2n) is 4.89. The fourth-order valence-electron chi connectivity index (χ4n) is 1.66. The van der Waals surface area contributed by atoms with E-state index in [0.717, 1.165) is 5.56 Å². The van der Waals surface area contributed by atoms with Gasteiger partial charge in [0.15, 0.2) is 20.0 Å². The van der Waals surface area contributed by atoms with E-state index in [-0.39, 0.29) is 29.6 Å². The third-order valence-electron chi connectivity index (χ3n) is 2.63. The van der Waals surface area contributed by atoms with E-state index in [0.29, 0.717) is 10.8 Å². The maximum Gasteiger partial charge on any atom is 1.00 e. The molecule has 0 saturated carbocycles. The molecule has 1 rings (SSSR count). The molecule has 6 nitrogen and oxygen atoms in total. The fourth-order valence-corrected chi connectivity index (χ4v) is 2.89. The number of halogens is 1. The van der Waals surface area contributed by atoms with Gasteiger partial charge in [-0.15, -0.1) is 0 Å². The minimum atomic E-state index is -4.76. The number of esters is 1. The molecular formula is C13H17ClNaO6P. The first kappa shape index (κ1) is 21.9. The van der Waals surface area contributed by atoms with Crippen molar-refractivity contribution in [3.05, 3.63) is 28.8 Å². The number of aryl methyl sites for hydroxylation is 1. The van der Waals surface area contributed by atoms with Gasteiger partial charge >= 0.3 is 35.5 Å². The second-order valence-corrected chi connectivity index (χ2v) is 6.96. The van der Waals surface area contributed by atoms with E-state index in [4.69, 9.17) is 26.0 Å². The van der Waals surface area contributed by atoms with Crippen molar-refractivity contribution in [1.29, 1.82) is 0 Å². The minimum Gasteiger partial charge on any atom is -0.776 e. The molecule has 118 valence electrons. The van der Waals surface area contributed by atoms with Gasteiger partial charge in [-0.2, -0.15) is 0 Å². The van der Waals surface area contributed by atoms with Gasteiger partial charge in [-0.25, -0.2) is 4.79 Å². The van der Waals surface area contributed by atoms with Crippen LogP contribution in [0.5, 0.6) is 5.75 Å². The summed E-state index contributed by atoms with van der Waals surface area (Å²) in [4.78, 5) is 31.8. The molecule has 0 aliphatic rings. The molecule has 0 bridgehead atoms. The van der Waals surface area contributed by atoms with Crippen LogP contribution >= 0.6 is 19.2 Å². The zero-order valence-corrected chi connectivity index (χ0v) is 16.6. The third kappa shape index (κ3) is 7.01. The van der Waals surface area contributed by atoms with Crippen molar-refractivity contribution in [1.82, 2.24) is 0 Å². The average molecular weight is 359 g/mol. The predicted molar refractivity (Wildman–Crippen MR) is 76.2 cm³/mol. The van der Waals surface area contributed by atoms with Gasteiger partial charge in [-0.05, 0) is 36.6 Å². The van der Waals surface area contributed by atoms with Crippen LogP contribution in [0.3, 0.4) is 0 Å². The van der Waals surface area contributed by atoms with E-state index in [2.05, 4.69) is 0 Å². The van der Waals surface area contributed by atoms with Crippen LogP contribution in [-0.2, 0) is 14.1 Å². The largest absolute Gasteiger partial charge is 1.00 e. The standard InChI is InChI=1S/C13H18ClO6P.Na/c1-8(2)13(21(16,17)18)20-12(15)7-19-11-5-4-10(14)6-9(11)3;/h4-6,8,13H,7H2,1-3H3,(H2,16,17,18);/q;+1/p-1. The van der Waals surface area contributed by atoms with Crippen LogP contribution in [0, 0.1) is 12.8 Å². The van der Waals surface area contributed by atoms with Crippen LogP contribution in [0.15, 0.2) is 18.2 Å². The number of hydrogen-bond acceptors (Lipinski definition) is 5. The molecule has 9 heteroatoms. The van der Waals surface area contributed by atoms with Gasteiger partial charge in [0.2, 0.25) is 0 Å². The summed E-state index contributed by atoms with van der Waals surface area (Å²) in [5.74, 6) is -2.60. The molecule has 1 aromatic rings. The molecule has 1 N–H and O–H groups in total. The molecule has 0 aromatic heterocycles. The minimum absolute atomic E-state index is 0. The molecule has 1 aromatic carbocycles. The number of carbonyl (C=O) groups excluding carboxylic acids is 1. The smallest absolute Gasteiger partial charge is 0.776 e. The van der Waals surface area contributed by atoms with Gasteiger partial charge in [0.05, 0.1) is 0 Å². The van der Waals surface area contributed by atoms with E-state index in [1.165, 1.54) is 13.8 Å². The Hall–Kier alpha value is -0.0700. The summed E-state index contributed by atoms with van der Waals surface area (Å²) in [5, 5.41) is 0.537. The van der Waals surface area contributed by atoms with E-state index in [1.54, 1.807) is 25.1 Å². The fraction of sp³-hybridized carbons (Fsp3) is 0.462. The van der Waals surface area contributed by atoms with E-state index in [1.807, 2.05) is 0 Å². The first-order valence-corrected chi connectivity index (χ1v) is 8.25. The van der Waals surface area contributed by atoms with Crippen molar-refractivity contribution in [3.8, 4) is 5.75 Å². The van der Waals surface area contributed by atoms with Crippen LogP contribution in [0.4, 0.5) is 0 Å². The molecule has 0 saturated heterocycles. The molecule has 22 heavy (non-hydrogen) atoms. The van der Waals surface area contributed by atoms with E-state index >= 15 is 0 Å². The van der Waals surface area contributed by atoms with Gasteiger partial charge in [0.1, 0.15) is 5.75 Å². The van der Waals surface area contributed by atoms with Gasteiger partial charge in [-0.1, -0.05) is 25.4 Å². The van der Waals surface area contributed by atoms with Crippen molar-refractivity contribution in [2.45, 2.75) is 26.6 Å². The Morgan fingerprint density at radius 2 is 2.05 bits per heavy atom. The first-order chi connectivity index (χ1) is 9.61. The summed E-state index contributed by atoms with van der Waals surface area (Å²) in [6.45, 7) is 4.32. The SMILES string of the molecule is Cc1cc(Cl)ccc1OCC(=O)OC(C(C)C)P(=O)([O-])O.[Na+]. The van der Waals surface area contributed by atoms with Crippen molar-refractivity contribution in [3.63, 3.8) is 0 Å². The molecule has 2 atom stereocenters. The molecule has 0 fully saturated rings. The van der Waals surface area contributed by atoms with Crippen LogP contribution in [-0.4, -0.2) is 23.3 Å². The number of hydrogen-bond donors (Lipinski definition) is 1. The normalized spacial score (nSPS) is 14.7. The second kappa shape index (κ2) is 9.28. The maximum absolute atomic E-state index is 11.6. The van der Waals surface area contributed by atoms with E-state index in [9.17, 15) is 14.3 Å². The topological polar surface area (TPSA) is 95.9 Å². The zero-order chi connectivity index (χ0) is 16.2. The Morgan fingerprint density at radius 1 is 1.45 bits per heavy atom. The first-order valence-electron chi connectivity index (χ1n) is 6.23. The van der Waals surface area contributed by atoms with Crippen molar-refractivity contribution >= 4 is 25.2 Å². The van der Waals surface area contributed by atoms with Crippen LogP contribution in [0.1, 0.15) is 19.4 Å². The predicted octanol–water partition coefficient (Wildman–Crippen LogP) is -0.898. The number of carbonyl (C=O) groups is 1. The van der Waals surface area contributed by atoms with Crippen LogP contribution < -0.4 is 39.2 Å². The van der Waals surface area contributed by atoms with Crippen LogP contribution in [0.2, 0.25) is 5.02 Å². The Morgan fingerprint density at radius 3 is 2.50 bits per heavy atom. The Kier molecular flexibility index (Phi) is 9.25. The Labute approximate surface area is 156 Å². The molecule has 0 heterocycles. The molecule has 0 aliphatic carbocycles. The molecule has 0 aliphatic heterocycles. The Bertz CT molecular complexity index is 559. The molecule has 0 spiro atoms.